The van der Waals surface area contributed by atoms with E-state index >= 15 is 0 Å². The summed E-state index contributed by atoms with van der Waals surface area (Å²) in [4.78, 5) is 11.2. The highest BCUT2D eigenvalue weighted by atomic mass is 35.5. The molecule has 0 radical (unpaired) electrons. The summed E-state index contributed by atoms with van der Waals surface area (Å²) in [6.45, 7) is 2.21. The zero-order chi connectivity index (χ0) is 13.9. The van der Waals surface area contributed by atoms with E-state index in [1.54, 1.807) is 24.5 Å². The highest BCUT2D eigenvalue weighted by Crippen LogP contribution is 2.20. The smallest absolute Gasteiger partial charge is 0.256 e. The van der Waals surface area contributed by atoms with Crippen molar-refractivity contribution in [3.05, 3.63) is 42.2 Å². The number of hydrogen-bond donors (Lipinski definition) is 0. The standard InChI is InChI=1S/C16H21ClO2/c1-2-3-4-5-6-7-10-13-19-15-12-9-8-11-14(15)16(17)18/h8-13H,2-7H2,1H3. The highest BCUT2D eigenvalue weighted by Gasteiger charge is 2.07. The van der Waals surface area contributed by atoms with E-state index < -0.39 is 5.24 Å². The molecule has 0 unspecified atom stereocenters. The van der Waals surface area contributed by atoms with Crippen molar-refractivity contribution in [2.75, 3.05) is 0 Å². The van der Waals surface area contributed by atoms with E-state index in [9.17, 15) is 4.79 Å². The van der Waals surface area contributed by atoms with E-state index in [1.807, 2.05) is 12.1 Å². The Morgan fingerprint density at radius 1 is 1.21 bits per heavy atom. The van der Waals surface area contributed by atoms with Gasteiger partial charge in [0, 0.05) is 0 Å². The van der Waals surface area contributed by atoms with Gasteiger partial charge in [-0.3, -0.25) is 4.79 Å². The fourth-order valence-electron chi connectivity index (χ4n) is 1.79. The minimum absolute atomic E-state index is 0.400. The van der Waals surface area contributed by atoms with Gasteiger partial charge in [0.1, 0.15) is 5.75 Å². The van der Waals surface area contributed by atoms with Crippen LogP contribution in [-0.2, 0) is 0 Å². The van der Waals surface area contributed by atoms with Crippen LogP contribution in [0.4, 0.5) is 0 Å². The van der Waals surface area contributed by atoms with Crippen molar-refractivity contribution in [2.45, 2.75) is 45.4 Å². The Labute approximate surface area is 120 Å². The summed E-state index contributed by atoms with van der Waals surface area (Å²) >= 11 is 5.48. The van der Waals surface area contributed by atoms with Crippen LogP contribution in [0.25, 0.3) is 0 Å². The van der Waals surface area contributed by atoms with Gasteiger partial charge in [0.25, 0.3) is 5.24 Å². The first-order chi connectivity index (χ1) is 9.25. The molecule has 0 aliphatic heterocycles. The number of unbranched alkanes of at least 4 members (excludes halogenated alkanes) is 5. The molecule has 0 amide bonds. The second kappa shape index (κ2) is 9.62. The van der Waals surface area contributed by atoms with Crippen molar-refractivity contribution in [2.24, 2.45) is 0 Å². The molecule has 0 aliphatic carbocycles. The Morgan fingerprint density at radius 2 is 1.95 bits per heavy atom. The lowest BCUT2D eigenvalue weighted by atomic mass is 10.1. The molecule has 0 saturated carbocycles. The van der Waals surface area contributed by atoms with Crippen LogP contribution < -0.4 is 4.74 Å². The maximum atomic E-state index is 11.2. The minimum atomic E-state index is -0.497. The van der Waals surface area contributed by atoms with Crippen LogP contribution in [0.15, 0.2) is 36.6 Å². The summed E-state index contributed by atoms with van der Waals surface area (Å²) in [6, 6.07) is 6.97. The summed E-state index contributed by atoms with van der Waals surface area (Å²) in [5, 5.41) is -0.497. The zero-order valence-corrected chi connectivity index (χ0v) is 12.2. The first-order valence-electron chi connectivity index (χ1n) is 6.86. The summed E-state index contributed by atoms with van der Waals surface area (Å²) < 4.78 is 5.44. The second-order valence-electron chi connectivity index (χ2n) is 4.46. The van der Waals surface area contributed by atoms with Crippen LogP contribution in [-0.4, -0.2) is 5.24 Å². The fraction of sp³-hybridized carbons (Fsp3) is 0.438. The van der Waals surface area contributed by atoms with Crippen molar-refractivity contribution in [1.82, 2.24) is 0 Å². The molecule has 0 bridgehead atoms. The van der Waals surface area contributed by atoms with Crippen molar-refractivity contribution in [3.63, 3.8) is 0 Å². The van der Waals surface area contributed by atoms with E-state index in [0.717, 1.165) is 6.42 Å². The first kappa shape index (κ1) is 15.8. The van der Waals surface area contributed by atoms with Gasteiger partial charge < -0.3 is 4.74 Å². The number of hydrogen-bond acceptors (Lipinski definition) is 2. The van der Waals surface area contributed by atoms with E-state index in [1.165, 1.54) is 32.1 Å². The lowest BCUT2D eigenvalue weighted by molar-refractivity contribution is 0.107. The first-order valence-corrected chi connectivity index (χ1v) is 7.24. The predicted molar refractivity (Wildman–Crippen MR) is 79.8 cm³/mol. The van der Waals surface area contributed by atoms with Gasteiger partial charge in [0.2, 0.25) is 0 Å². The largest absolute Gasteiger partial charge is 0.465 e. The zero-order valence-electron chi connectivity index (χ0n) is 11.4. The van der Waals surface area contributed by atoms with Gasteiger partial charge in [-0.1, -0.05) is 44.7 Å². The fourth-order valence-corrected chi connectivity index (χ4v) is 1.94. The van der Waals surface area contributed by atoms with Crippen LogP contribution in [0.5, 0.6) is 5.75 Å². The molecule has 0 heterocycles. The SMILES string of the molecule is CCCCCCCC=COc1ccccc1C(=O)Cl. The molecule has 1 rings (SSSR count). The quantitative estimate of drug-likeness (QED) is 0.348. The molecule has 1 aromatic rings. The van der Waals surface area contributed by atoms with Gasteiger partial charge in [0.15, 0.2) is 0 Å². The number of carbonyl (C=O) groups is 1. The molecule has 0 fully saturated rings. The number of benzene rings is 1. The normalized spacial score (nSPS) is 10.8. The lowest BCUT2D eigenvalue weighted by Gasteiger charge is -2.03. The molecular formula is C16H21ClO2. The molecule has 3 heteroatoms. The number of carbonyl (C=O) groups excluding carboxylic acids is 1. The van der Waals surface area contributed by atoms with E-state index in [0.29, 0.717) is 11.3 Å². The van der Waals surface area contributed by atoms with Gasteiger partial charge in [-0.05, 0) is 42.7 Å². The predicted octanol–water partition coefficient (Wildman–Crippen LogP) is 5.32. The summed E-state index contributed by atoms with van der Waals surface area (Å²) in [5.74, 6) is 0.504. The molecular weight excluding hydrogens is 260 g/mol. The summed E-state index contributed by atoms with van der Waals surface area (Å²) in [6.07, 6.45) is 10.9. The number of halogens is 1. The lowest BCUT2D eigenvalue weighted by Crippen LogP contribution is -1.93. The van der Waals surface area contributed by atoms with Gasteiger partial charge in [-0.15, -0.1) is 0 Å². The van der Waals surface area contributed by atoms with E-state index in [2.05, 4.69) is 6.92 Å². The maximum absolute atomic E-state index is 11.2. The second-order valence-corrected chi connectivity index (χ2v) is 4.81. The van der Waals surface area contributed by atoms with Crippen molar-refractivity contribution < 1.29 is 9.53 Å². The molecule has 0 aromatic heterocycles. The highest BCUT2D eigenvalue weighted by molar-refractivity contribution is 6.68. The van der Waals surface area contributed by atoms with Gasteiger partial charge in [-0.2, -0.15) is 0 Å². The Kier molecular flexibility index (Phi) is 7.99. The molecule has 1 aromatic carbocycles. The number of para-hydroxylation sites is 1. The summed E-state index contributed by atoms with van der Waals surface area (Å²) in [7, 11) is 0. The number of ether oxygens (including phenoxy) is 1. The van der Waals surface area contributed by atoms with Crippen LogP contribution in [0.3, 0.4) is 0 Å². The molecule has 104 valence electrons. The third-order valence-electron chi connectivity index (χ3n) is 2.86. The molecule has 2 nitrogen and oxygen atoms in total. The van der Waals surface area contributed by atoms with Gasteiger partial charge in [0.05, 0.1) is 11.8 Å². The number of rotatable bonds is 9. The average Bonchev–Trinajstić information content (AvgIpc) is 2.42. The molecule has 0 atom stereocenters. The van der Waals surface area contributed by atoms with Crippen LogP contribution in [0.1, 0.15) is 55.8 Å². The van der Waals surface area contributed by atoms with Crippen LogP contribution >= 0.6 is 11.6 Å². The van der Waals surface area contributed by atoms with Gasteiger partial charge >= 0.3 is 0 Å². The Morgan fingerprint density at radius 3 is 2.68 bits per heavy atom. The van der Waals surface area contributed by atoms with Crippen molar-refractivity contribution >= 4 is 16.8 Å². The third kappa shape index (κ3) is 6.44. The van der Waals surface area contributed by atoms with Crippen molar-refractivity contribution in [1.29, 1.82) is 0 Å². The maximum Gasteiger partial charge on any atom is 0.256 e. The third-order valence-corrected chi connectivity index (χ3v) is 3.07. The Balaban J connectivity index is 2.30. The summed E-state index contributed by atoms with van der Waals surface area (Å²) in [5.41, 5.74) is 0.400. The van der Waals surface area contributed by atoms with Crippen LogP contribution in [0.2, 0.25) is 0 Å². The van der Waals surface area contributed by atoms with Crippen molar-refractivity contribution in [3.8, 4) is 5.75 Å². The van der Waals surface area contributed by atoms with Gasteiger partial charge in [-0.25, -0.2) is 0 Å². The molecule has 0 saturated heterocycles. The molecule has 0 aliphatic rings. The van der Waals surface area contributed by atoms with E-state index in [4.69, 9.17) is 16.3 Å². The minimum Gasteiger partial charge on any atom is -0.465 e. The molecule has 0 N–H and O–H groups in total. The molecule has 0 spiro atoms. The molecule has 19 heavy (non-hydrogen) atoms. The monoisotopic (exact) mass is 280 g/mol. The average molecular weight is 281 g/mol. The van der Waals surface area contributed by atoms with E-state index in [-0.39, 0.29) is 0 Å². The van der Waals surface area contributed by atoms with Crippen LogP contribution in [0, 0.1) is 0 Å². The Bertz CT molecular complexity index is 413. The Hall–Kier alpha value is -1.28. The topological polar surface area (TPSA) is 26.3 Å². The number of allylic oxidation sites excluding steroid dienone is 1.